The zero-order valence-electron chi connectivity index (χ0n) is 22.8. The fourth-order valence-electron chi connectivity index (χ4n) is 5.87. The summed E-state index contributed by atoms with van der Waals surface area (Å²) in [5, 5.41) is 0. The van der Waals surface area contributed by atoms with Crippen molar-refractivity contribution in [3.8, 4) is 0 Å². The summed E-state index contributed by atoms with van der Waals surface area (Å²) in [7, 11) is 0. The number of alkyl halides is 6. The van der Waals surface area contributed by atoms with Crippen molar-refractivity contribution in [2.75, 3.05) is 18.0 Å². The first kappa shape index (κ1) is 29.0. The maximum atomic E-state index is 12.9. The Bertz CT molecular complexity index is 1290. The van der Waals surface area contributed by atoms with E-state index in [1.807, 2.05) is 76.2 Å². The van der Waals surface area contributed by atoms with Crippen LogP contribution in [0.1, 0.15) is 64.5 Å². The number of rotatable bonds is 8. The molecule has 4 rings (SSSR count). The van der Waals surface area contributed by atoms with E-state index in [1.165, 1.54) is 0 Å². The number of halogens is 6. The molecule has 2 aromatic rings. The molecule has 0 amide bonds. The van der Waals surface area contributed by atoms with Crippen molar-refractivity contribution in [2.45, 2.75) is 76.6 Å². The normalized spacial score (nSPS) is 19.3. The van der Waals surface area contributed by atoms with Gasteiger partial charge in [-0.15, -0.1) is 0 Å². The average molecular weight is 550 g/mol. The lowest BCUT2D eigenvalue weighted by Crippen LogP contribution is -2.29. The zero-order chi connectivity index (χ0) is 28.6. The first-order valence-electron chi connectivity index (χ1n) is 13.3. The van der Waals surface area contributed by atoms with Gasteiger partial charge in [-0.1, -0.05) is 56.3 Å². The van der Waals surface area contributed by atoms with Gasteiger partial charge in [0.15, 0.2) is 5.71 Å². The standard InChI is InChI=1S/C31H35F6N2/c1-28(2)22-12-5-7-14-24(22)38(20-10-18-30(32,33)34)26(28)16-9-17-27-29(3,4)23-13-6-8-15-25(23)39(27)21-11-19-31(35,36)37/h5-9,12-17H,10-11,18-21H2,1-4H3/q+1. The van der Waals surface area contributed by atoms with Crippen LogP contribution < -0.4 is 4.90 Å². The van der Waals surface area contributed by atoms with Gasteiger partial charge in [-0.2, -0.15) is 30.9 Å². The molecule has 2 heterocycles. The van der Waals surface area contributed by atoms with E-state index in [0.29, 0.717) is 0 Å². The summed E-state index contributed by atoms with van der Waals surface area (Å²) >= 11 is 0. The number of benzene rings is 2. The highest BCUT2D eigenvalue weighted by Gasteiger charge is 2.44. The van der Waals surface area contributed by atoms with Crippen LogP contribution in [0.5, 0.6) is 0 Å². The Morgan fingerprint density at radius 3 is 2.03 bits per heavy atom. The summed E-state index contributed by atoms with van der Waals surface area (Å²) in [4.78, 5) is 1.96. The number of hydrogen-bond donors (Lipinski definition) is 0. The largest absolute Gasteiger partial charge is 0.389 e. The summed E-state index contributed by atoms with van der Waals surface area (Å²) in [6.45, 7) is 8.69. The van der Waals surface area contributed by atoms with Crippen molar-refractivity contribution in [3.63, 3.8) is 0 Å². The van der Waals surface area contributed by atoms with E-state index in [1.54, 1.807) is 0 Å². The minimum absolute atomic E-state index is 0.0261. The van der Waals surface area contributed by atoms with Crippen molar-refractivity contribution in [1.82, 2.24) is 0 Å². The number of hydrogen-bond acceptors (Lipinski definition) is 1. The zero-order valence-corrected chi connectivity index (χ0v) is 22.8. The van der Waals surface area contributed by atoms with Crippen LogP contribution in [0.25, 0.3) is 0 Å². The molecule has 0 unspecified atom stereocenters. The van der Waals surface area contributed by atoms with Crippen LogP contribution in [-0.2, 0) is 10.8 Å². The molecule has 0 spiro atoms. The van der Waals surface area contributed by atoms with Gasteiger partial charge < -0.3 is 4.90 Å². The highest BCUT2D eigenvalue weighted by molar-refractivity contribution is 6.03. The summed E-state index contributed by atoms with van der Waals surface area (Å²) in [5.74, 6) is 0. The van der Waals surface area contributed by atoms with E-state index in [2.05, 4.69) is 27.7 Å². The molecule has 0 aliphatic carbocycles. The van der Waals surface area contributed by atoms with E-state index in [-0.39, 0.29) is 25.9 Å². The fourth-order valence-corrected chi connectivity index (χ4v) is 5.87. The third-order valence-electron chi connectivity index (χ3n) is 7.79. The Balaban J connectivity index is 1.69. The Hall–Kier alpha value is -3.03. The second kappa shape index (κ2) is 10.5. The van der Waals surface area contributed by atoms with Crippen LogP contribution >= 0.6 is 0 Å². The van der Waals surface area contributed by atoms with E-state index in [9.17, 15) is 26.3 Å². The monoisotopic (exact) mass is 549 g/mol. The fraction of sp³-hybridized carbons (Fsp3) is 0.452. The van der Waals surface area contributed by atoms with E-state index in [0.717, 1.165) is 33.9 Å². The van der Waals surface area contributed by atoms with E-state index >= 15 is 0 Å². The molecule has 0 N–H and O–H groups in total. The molecule has 2 aromatic carbocycles. The summed E-state index contributed by atoms with van der Waals surface area (Å²) in [5.41, 5.74) is 4.82. The van der Waals surface area contributed by atoms with Gasteiger partial charge in [0.1, 0.15) is 6.54 Å². The molecule has 0 saturated carbocycles. The quantitative estimate of drug-likeness (QED) is 0.235. The lowest BCUT2D eigenvalue weighted by atomic mass is 9.81. The Morgan fingerprint density at radius 1 is 0.769 bits per heavy atom. The third-order valence-corrected chi connectivity index (χ3v) is 7.79. The molecular weight excluding hydrogens is 514 g/mol. The van der Waals surface area contributed by atoms with Crippen molar-refractivity contribution >= 4 is 17.1 Å². The molecule has 39 heavy (non-hydrogen) atoms. The summed E-state index contributed by atoms with van der Waals surface area (Å²) in [6.07, 6.45) is -4.43. The number of para-hydroxylation sites is 2. The van der Waals surface area contributed by atoms with Gasteiger partial charge in [0.2, 0.25) is 5.69 Å². The molecule has 0 bridgehead atoms. The van der Waals surface area contributed by atoms with Crippen molar-refractivity contribution in [1.29, 1.82) is 0 Å². The summed E-state index contributed by atoms with van der Waals surface area (Å²) in [6, 6.07) is 15.5. The topological polar surface area (TPSA) is 6.25 Å². The molecule has 0 fully saturated rings. The third kappa shape index (κ3) is 6.10. The van der Waals surface area contributed by atoms with Crippen molar-refractivity contribution in [3.05, 3.63) is 83.6 Å². The molecular formula is C31H35F6N2+. The number of nitrogens with zero attached hydrogens (tertiary/aromatic N) is 2. The molecule has 0 aromatic heterocycles. The van der Waals surface area contributed by atoms with Crippen LogP contribution in [-0.4, -0.2) is 35.7 Å². The van der Waals surface area contributed by atoms with Gasteiger partial charge in [0, 0.05) is 60.3 Å². The molecule has 0 atom stereocenters. The molecule has 2 aliphatic rings. The van der Waals surface area contributed by atoms with Crippen LogP contribution in [0.15, 0.2) is 72.5 Å². The van der Waals surface area contributed by atoms with Crippen LogP contribution in [0, 0.1) is 0 Å². The SMILES string of the molecule is CC1(C)C(=CC=CC2=[N+](CCCC(F)(F)F)c3ccccc3C2(C)C)N(CCCC(F)(F)F)c2ccccc21. The van der Waals surface area contributed by atoms with Crippen LogP contribution in [0.3, 0.4) is 0 Å². The molecule has 0 radical (unpaired) electrons. The Morgan fingerprint density at radius 2 is 1.36 bits per heavy atom. The van der Waals surface area contributed by atoms with Crippen molar-refractivity contribution in [2.24, 2.45) is 0 Å². The van der Waals surface area contributed by atoms with Crippen LogP contribution in [0.2, 0.25) is 0 Å². The van der Waals surface area contributed by atoms with Gasteiger partial charge in [0.05, 0.1) is 5.41 Å². The molecule has 8 heteroatoms. The highest BCUT2D eigenvalue weighted by Crippen LogP contribution is 2.48. The predicted molar refractivity (Wildman–Crippen MR) is 144 cm³/mol. The summed E-state index contributed by atoms with van der Waals surface area (Å²) < 4.78 is 79.4. The Kier molecular flexibility index (Phi) is 7.80. The van der Waals surface area contributed by atoms with Crippen LogP contribution in [0.4, 0.5) is 37.7 Å². The lowest BCUT2D eigenvalue weighted by Gasteiger charge is -2.27. The van der Waals surface area contributed by atoms with E-state index in [4.69, 9.17) is 0 Å². The second-order valence-electron chi connectivity index (χ2n) is 11.3. The number of allylic oxidation sites excluding steroid dienone is 4. The number of anilines is 1. The minimum Gasteiger partial charge on any atom is -0.344 e. The molecule has 2 aliphatic heterocycles. The first-order chi connectivity index (χ1) is 18.1. The van der Waals surface area contributed by atoms with Crippen molar-refractivity contribution < 1.29 is 30.9 Å². The first-order valence-corrected chi connectivity index (χ1v) is 13.3. The molecule has 210 valence electrons. The maximum Gasteiger partial charge on any atom is 0.389 e. The highest BCUT2D eigenvalue weighted by atomic mass is 19.4. The maximum absolute atomic E-state index is 12.9. The van der Waals surface area contributed by atoms with Gasteiger partial charge >= 0.3 is 12.4 Å². The van der Waals surface area contributed by atoms with Gasteiger partial charge in [0.25, 0.3) is 0 Å². The smallest absolute Gasteiger partial charge is 0.344 e. The lowest BCUT2D eigenvalue weighted by molar-refractivity contribution is -0.439. The van der Waals surface area contributed by atoms with Gasteiger partial charge in [-0.3, -0.25) is 0 Å². The minimum atomic E-state index is -4.21. The van der Waals surface area contributed by atoms with E-state index < -0.39 is 36.0 Å². The number of fused-ring (bicyclic) bond motifs is 2. The molecule has 2 nitrogen and oxygen atoms in total. The predicted octanol–water partition coefficient (Wildman–Crippen LogP) is 8.99. The Labute approximate surface area is 226 Å². The second-order valence-corrected chi connectivity index (χ2v) is 11.3. The molecule has 0 saturated heterocycles. The average Bonchev–Trinajstić information content (AvgIpc) is 3.18. The van der Waals surface area contributed by atoms with Gasteiger partial charge in [-0.05, 0) is 38.0 Å². The van der Waals surface area contributed by atoms with Gasteiger partial charge in [-0.25, -0.2) is 0 Å².